The molecule has 0 unspecified atom stereocenters. The molecule has 7 heteroatoms. The molecule has 0 saturated heterocycles. The fourth-order valence-electron chi connectivity index (χ4n) is 1.87. The van der Waals surface area contributed by atoms with Crippen molar-refractivity contribution in [2.24, 2.45) is 7.05 Å². The zero-order chi connectivity index (χ0) is 14.5. The molecule has 1 N–H and O–H groups in total. The number of anilines is 1. The van der Waals surface area contributed by atoms with Crippen LogP contribution in [-0.2, 0) is 19.9 Å². The summed E-state index contributed by atoms with van der Waals surface area (Å²) < 4.78 is 1.91. The maximum atomic E-state index is 6.14. The molecule has 2 aromatic heterocycles. The zero-order valence-electron chi connectivity index (χ0n) is 12.0. The molecule has 0 saturated carbocycles. The molecule has 20 heavy (non-hydrogen) atoms. The van der Waals surface area contributed by atoms with Gasteiger partial charge in [0.05, 0.1) is 0 Å². The van der Waals surface area contributed by atoms with Gasteiger partial charge in [0, 0.05) is 32.0 Å². The largest absolute Gasteiger partial charge is 0.369 e. The summed E-state index contributed by atoms with van der Waals surface area (Å²) in [5.74, 6) is 2.52. The number of halogens is 1. The van der Waals surface area contributed by atoms with Crippen LogP contribution in [0, 0.1) is 6.92 Å². The van der Waals surface area contributed by atoms with Crippen molar-refractivity contribution >= 4 is 17.4 Å². The molecule has 2 rings (SSSR count). The Labute approximate surface area is 123 Å². The highest BCUT2D eigenvalue weighted by Crippen LogP contribution is 2.20. The average Bonchev–Trinajstić information content (AvgIpc) is 2.81. The second-order valence-corrected chi connectivity index (χ2v) is 5.05. The minimum Gasteiger partial charge on any atom is -0.369 e. The van der Waals surface area contributed by atoms with Gasteiger partial charge < -0.3 is 9.88 Å². The van der Waals surface area contributed by atoms with Gasteiger partial charge in [0.2, 0.25) is 0 Å². The topological polar surface area (TPSA) is 68.5 Å². The van der Waals surface area contributed by atoms with Crippen LogP contribution in [-0.4, -0.2) is 31.3 Å². The Kier molecular flexibility index (Phi) is 4.89. The van der Waals surface area contributed by atoms with E-state index in [9.17, 15) is 0 Å². The van der Waals surface area contributed by atoms with Crippen LogP contribution in [0.2, 0.25) is 5.15 Å². The third-order valence-corrected chi connectivity index (χ3v) is 3.42. The van der Waals surface area contributed by atoms with E-state index in [1.54, 1.807) is 6.33 Å². The maximum Gasteiger partial charge on any atom is 0.137 e. The molecule has 0 aliphatic heterocycles. The molecule has 0 aliphatic carbocycles. The first kappa shape index (κ1) is 14.7. The molecule has 0 aromatic carbocycles. The Morgan fingerprint density at radius 1 is 1.30 bits per heavy atom. The summed E-state index contributed by atoms with van der Waals surface area (Å²) in [6, 6.07) is 0. The minimum absolute atomic E-state index is 0.518. The van der Waals surface area contributed by atoms with Crippen molar-refractivity contribution in [2.75, 3.05) is 11.9 Å². The van der Waals surface area contributed by atoms with Crippen LogP contribution in [0.1, 0.15) is 30.6 Å². The van der Waals surface area contributed by atoms with Gasteiger partial charge in [-0.15, -0.1) is 10.2 Å². The number of nitrogens with zero attached hydrogens (tertiary/aromatic N) is 5. The Bertz CT molecular complexity index is 580. The minimum atomic E-state index is 0.518. The van der Waals surface area contributed by atoms with Gasteiger partial charge in [0.15, 0.2) is 0 Å². The van der Waals surface area contributed by atoms with E-state index in [1.165, 1.54) is 0 Å². The monoisotopic (exact) mass is 294 g/mol. The fraction of sp³-hybridized carbons (Fsp3) is 0.538. The van der Waals surface area contributed by atoms with Crippen molar-refractivity contribution in [2.45, 2.75) is 33.1 Å². The van der Waals surface area contributed by atoms with E-state index in [4.69, 9.17) is 11.6 Å². The summed E-state index contributed by atoms with van der Waals surface area (Å²) in [7, 11) is 1.93. The quantitative estimate of drug-likeness (QED) is 0.827. The second-order valence-electron chi connectivity index (χ2n) is 4.69. The highest BCUT2D eigenvalue weighted by molar-refractivity contribution is 6.30. The van der Waals surface area contributed by atoms with E-state index < -0.39 is 0 Å². The summed E-state index contributed by atoms with van der Waals surface area (Å²) in [6.07, 6.45) is 4.30. The molecule has 2 heterocycles. The number of aromatic nitrogens is 5. The van der Waals surface area contributed by atoms with Gasteiger partial charge >= 0.3 is 0 Å². The molecule has 0 fully saturated rings. The van der Waals surface area contributed by atoms with E-state index in [0.29, 0.717) is 5.15 Å². The third-order valence-electron chi connectivity index (χ3n) is 3.05. The maximum absolute atomic E-state index is 6.14. The van der Waals surface area contributed by atoms with Crippen LogP contribution >= 0.6 is 11.6 Å². The summed E-state index contributed by atoms with van der Waals surface area (Å²) >= 11 is 6.14. The highest BCUT2D eigenvalue weighted by Gasteiger charge is 2.09. The average molecular weight is 295 g/mol. The van der Waals surface area contributed by atoms with E-state index in [2.05, 4.69) is 32.4 Å². The van der Waals surface area contributed by atoms with Gasteiger partial charge in [-0.25, -0.2) is 9.97 Å². The molecular formula is C13H19ClN6. The number of hydrogen-bond donors (Lipinski definition) is 1. The summed E-state index contributed by atoms with van der Waals surface area (Å²) in [5.41, 5.74) is 0.879. The van der Waals surface area contributed by atoms with Crippen LogP contribution in [0.4, 0.5) is 5.82 Å². The van der Waals surface area contributed by atoms with Crippen LogP contribution in [0.5, 0.6) is 0 Å². The second kappa shape index (κ2) is 6.65. The molecule has 108 valence electrons. The van der Waals surface area contributed by atoms with E-state index in [-0.39, 0.29) is 0 Å². The lowest BCUT2D eigenvalue weighted by Crippen LogP contribution is -2.12. The molecule has 6 nitrogen and oxygen atoms in total. The third kappa shape index (κ3) is 3.45. The molecule has 0 aliphatic rings. The van der Waals surface area contributed by atoms with Crippen molar-refractivity contribution in [1.29, 1.82) is 0 Å². The van der Waals surface area contributed by atoms with Gasteiger partial charge in [-0.2, -0.15) is 0 Å². The Balaban J connectivity index is 2.03. The van der Waals surface area contributed by atoms with Crippen LogP contribution in [0.25, 0.3) is 0 Å². The van der Waals surface area contributed by atoms with Crippen molar-refractivity contribution in [3.8, 4) is 0 Å². The summed E-state index contributed by atoms with van der Waals surface area (Å²) in [6.45, 7) is 4.74. The van der Waals surface area contributed by atoms with Crippen molar-refractivity contribution < 1.29 is 0 Å². The lowest BCUT2D eigenvalue weighted by Gasteiger charge is -2.11. The number of rotatable bonds is 6. The van der Waals surface area contributed by atoms with E-state index >= 15 is 0 Å². The predicted octanol–water partition coefficient (Wildman–Crippen LogP) is 2.17. The van der Waals surface area contributed by atoms with Gasteiger partial charge in [-0.1, -0.05) is 18.5 Å². The number of hydrogen-bond acceptors (Lipinski definition) is 5. The van der Waals surface area contributed by atoms with Crippen molar-refractivity contribution in [3.63, 3.8) is 0 Å². The number of aryl methyl sites for hydroxylation is 2. The first-order valence-electron chi connectivity index (χ1n) is 6.71. The lowest BCUT2D eigenvalue weighted by molar-refractivity contribution is 0.783. The smallest absolute Gasteiger partial charge is 0.137 e. The first-order chi connectivity index (χ1) is 9.61. The van der Waals surface area contributed by atoms with E-state index in [0.717, 1.165) is 48.8 Å². The van der Waals surface area contributed by atoms with Crippen molar-refractivity contribution in [3.05, 3.63) is 28.7 Å². The Hall–Kier alpha value is -1.69. The molecular weight excluding hydrogens is 276 g/mol. The predicted molar refractivity (Wildman–Crippen MR) is 79.0 cm³/mol. The van der Waals surface area contributed by atoms with Gasteiger partial charge in [0.1, 0.15) is 28.9 Å². The van der Waals surface area contributed by atoms with Gasteiger partial charge in [-0.3, -0.25) is 0 Å². The van der Waals surface area contributed by atoms with Crippen molar-refractivity contribution in [1.82, 2.24) is 24.7 Å². The van der Waals surface area contributed by atoms with Crippen LogP contribution in [0.15, 0.2) is 6.33 Å². The number of nitrogens with one attached hydrogen (secondary N) is 1. The fourth-order valence-corrected chi connectivity index (χ4v) is 2.05. The zero-order valence-corrected chi connectivity index (χ0v) is 12.8. The first-order valence-corrected chi connectivity index (χ1v) is 7.09. The van der Waals surface area contributed by atoms with E-state index in [1.807, 2.05) is 18.5 Å². The summed E-state index contributed by atoms with van der Waals surface area (Å²) in [4.78, 5) is 8.80. The van der Waals surface area contributed by atoms with Gasteiger partial charge in [0.25, 0.3) is 0 Å². The molecule has 0 amide bonds. The van der Waals surface area contributed by atoms with Crippen LogP contribution < -0.4 is 5.32 Å². The molecule has 0 radical (unpaired) electrons. The molecule has 0 spiro atoms. The Morgan fingerprint density at radius 2 is 2.10 bits per heavy atom. The standard InChI is InChI=1S/C13H19ClN6/c1-4-5-10-17-12(14)9(2)13(18-10)15-7-6-11-19-16-8-20(11)3/h8H,4-7H2,1-3H3,(H,15,17,18). The molecule has 2 aromatic rings. The van der Waals surface area contributed by atoms with Gasteiger partial charge in [-0.05, 0) is 13.3 Å². The normalized spacial score (nSPS) is 10.8. The van der Waals surface area contributed by atoms with Crippen LogP contribution in [0.3, 0.4) is 0 Å². The SMILES string of the molecule is CCCc1nc(Cl)c(C)c(NCCc2nncn2C)n1. The highest BCUT2D eigenvalue weighted by atomic mass is 35.5. The molecule has 0 atom stereocenters. The summed E-state index contributed by atoms with van der Waals surface area (Å²) in [5, 5.41) is 11.7. The molecule has 0 bridgehead atoms. The Morgan fingerprint density at radius 3 is 2.75 bits per heavy atom. The lowest BCUT2D eigenvalue weighted by atomic mass is 10.3.